The van der Waals surface area contributed by atoms with E-state index in [1.165, 1.54) is 0 Å². The topological polar surface area (TPSA) is 44.8 Å². The zero-order valence-electron chi connectivity index (χ0n) is 17.1. The minimum atomic E-state index is -3.84. The second kappa shape index (κ2) is 8.92. The van der Waals surface area contributed by atoms with Gasteiger partial charge in [-0.25, -0.2) is 0 Å². The Hall–Kier alpha value is -1.80. The summed E-state index contributed by atoms with van der Waals surface area (Å²) in [5, 5.41) is 2.86. The Bertz CT molecular complexity index is 853. The zero-order chi connectivity index (χ0) is 20.8. The van der Waals surface area contributed by atoms with Gasteiger partial charge in [0.05, 0.1) is 0 Å². The van der Waals surface area contributed by atoms with Gasteiger partial charge in [-0.15, -0.1) is 0 Å². The van der Waals surface area contributed by atoms with E-state index in [0.29, 0.717) is 0 Å². The van der Waals surface area contributed by atoms with Crippen molar-refractivity contribution in [1.29, 1.82) is 0 Å². The molecule has 6 heteroatoms. The van der Waals surface area contributed by atoms with E-state index in [1.807, 2.05) is 91.0 Å². The van der Waals surface area contributed by atoms with Crippen LogP contribution in [0.15, 0.2) is 91.0 Å². The van der Waals surface area contributed by atoms with Crippen LogP contribution < -0.4 is 15.9 Å². The van der Waals surface area contributed by atoms with E-state index in [9.17, 15) is 4.57 Å². The average Bonchev–Trinajstić information content (AvgIpc) is 2.76. The van der Waals surface area contributed by atoms with Crippen LogP contribution in [0.4, 0.5) is 0 Å². The van der Waals surface area contributed by atoms with Crippen LogP contribution in [-0.4, -0.2) is 19.9 Å². The van der Waals surface area contributed by atoms with Gasteiger partial charge in [-0.05, 0) is 0 Å². The fourth-order valence-electron chi connectivity index (χ4n) is 3.60. The minimum absolute atomic E-state index is 0.224. The van der Waals surface area contributed by atoms with Crippen LogP contribution in [0.2, 0.25) is 0 Å². The van der Waals surface area contributed by atoms with E-state index in [-0.39, 0.29) is 13.2 Å². The van der Waals surface area contributed by atoms with Crippen molar-refractivity contribution in [1.82, 2.24) is 0 Å². The van der Waals surface area contributed by atoms with E-state index in [0.717, 1.165) is 15.9 Å². The van der Waals surface area contributed by atoms with Crippen LogP contribution in [0.25, 0.3) is 0 Å². The summed E-state index contributed by atoms with van der Waals surface area (Å²) in [5.74, 6) is 0. The maximum atomic E-state index is 13.7. The summed E-state index contributed by atoms with van der Waals surface area (Å²) in [6.45, 7) is 2.42. The van der Waals surface area contributed by atoms with Gasteiger partial charge in [0, 0.05) is 0 Å². The molecule has 154 valence electrons. The van der Waals surface area contributed by atoms with E-state index < -0.39 is 14.7 Å². The number of benzene rings is 3. The summed E-state index contributed by atoms with van der Waals surface area (Å²) >= 11 is 0. The maximum absolute atomic E-state index is 13.7. The van der Waals surface area contributed by atoms with Crippen LogP contribution in [-0.2, 0) is 17.9 Å². The number of phosphoric ester groups is 1. The molecule has 0 aliphatic carbocycles. The first-order chi connectivity index (χ1) is 14.0. The van der Waals surface area contributed by atoms with E-state index in [1.54, 1.807) is 13.8 Å². The summed E-state index contributed by atoms with van der Waals surface area (Å²) in [6.07, 6.45) is 0. The first-order valence-electron chi connectivity index (χ1n) is 9.75. The summed E-state index contributed by atoms with van der Waals surface area (Å²) in [7, 11) is -3.84. The van der Waals surface area contributed by atoms with Gasteiger partial charge in [0.15, 0.2) is 0 Å². The van der Waals surface area contributed by atoms with Gasteiger partial charge in [-0.3, -0.25) is 0 Å². The molecule has 0 fully saturated rings. The Labute approximate surface area is 173 Å². The molecule has 0 spiro atoms. The molecule has 0 aliphatic rings. The van der Waals surface area contributed by atoms with Crippen molar-refractivity contribution in [3.63, 3.8) is 0 Å². The molecule has 0 aliphatic heterocycles. The molecular formula is C23H28O4P2. The molecule has 0 saturated carbocycles. The van der Waals surface area contributed by atoms with Gasteiger partial charge < -0.3 is 0 Å². The fourth-order valence-corrected chi connectivity index (χ4v) is 11.4. The predicted molar refractivity (Wildman–Crippen MR) is 123 cm³/mol. The summed E-state index contributed by atoms with van der Waals surface area (Å²) in [6, 6.07) is 29.9. The van der Waals surface area contributed by atoms with Crippen LogP contribution in [0.1, 0.15) is 13.8 Å². The Kier molecular flexibility index (Phi) is 6.73. The SMILES string of the molecule is CCOP(=O)(OCC)OP(C)(c1ccccc1)(c1ccccc1)c1ccccc1. The van der Waals surface area contributed by atoms with Crippen molar-refractivity contribution in [3.05, 3.63) is 91.0 Å². The fraction of sp³-hybridized carbons (Fsp3) is 0.217. The zero-order valence-corrected chi connectivity index (χ0v) is 18.9. The molecule has 0 unspecified atom stereocenters. The van der Waals surface area contributed by atoms with Crippen molar-refractivity contribution in [2.45, 2.75) is 13.8 Å². The van der Waals surface area contributed by atoms with Gasteiger partial charge in [0.25, 0.3) is 0 Å². The average molecular weight is 430 g/mol. The molecule has 3 aromatic rings. The van der Waals surface area contributed by atoms with Gasteiger partial charge in [0.1, 0.15) is 0 Å². The Morgan fingerprint density at radius 1 is 0.655 bits per heavy atom. The quantitative estimate of drug-likeness (QED) is 0.435. The summed E-state index contributed by atoms with van der Waals surface area (Å²) in [4.78, 5) is 0. The first-order valence-corrected chi connectivity index (χ1v) is 13.8. The molecule has 4 nitrogen and oxygen atoms in total. The number of hydrogen-bond acceptors (Lipinski definition) is 4. The van der Waals surface area contributed by atoms with Crippen LogP contribution in [0.5, 0.6) is 0 Å². The van der Waals surface area contributed by atoms with E-state index in [4.69, 9.17) is 13.4 Å². The van der Waals surface area contributed by atoms with Gasteiger partial charge >= 0.3 is 173 Å². The van der Waals surface area contributed by atoms with Crippen LogP contribution in [0.3, 0.4) is 0 Å². The molecule has 0 aromatic heterocycles. The number of phosphoric acid groups is 1. The molecular weight excluding hydrogens is 402 g/mol. The van der Waals surface area contributed by atoms with E-state index in [2.05, 4.69) is 6.66 Å². The molecule has 3 aromatic carbocycles. The van der Waals surface area contributed by atoms with Crippen molar-refractivity contribution >= 4 is 30.6 Å². The number of hydrogen-bond donors (Lipinski definition) is 0. The molecule has 0 atom stereocenters. The predicted octanol–water partition coefficient (Wildman–Crippen LogP) is 5.26. The normalized spacial score (nSPS) is 13.6. The second-order valence-corrected chi connectivity index (χ2v) is 13.4. The number of rotatable bonds is 9. The third kappa shape index (κ3) is 4.10. The molecule has 0 saturated heterocycles. The first kappa shape index (κ1) is 21.9. The standard InChI is InChI=1S/C23H28O4P2/c1-4-25-28(24,26-5-2)27-29(3,21-15-9-6-10-16-21,22-17-11-7-12-18-22)23-19-13-8-14-20-23/h6-20H,4-5H2,1-3H3. The third-order valence-corrected chi connectivity index (χ3v) is 13.2. The van der Waals surface area contributed by atoms with Gasteiger partial charge in [-0.1, -0.05) is 0 Å². The molecule has 0 bridgehead atoms. The van der Waals surface area contributed by atoms with Crippen molar-refractivity contribution in [2.75, 3.05) is 19.9 Å². The molecule has 0 radical (unpaired) electrons. The van der Waals surface area contributed by atoms with Gasteiger partial charge in [-0.2, -0.15) is 0 Å². The second-order valence-electron chi connectivity index (χ2n) is 6.83. The summed E-state index contributed by atoms with van der Waals surface area (Å²) in [5.41, 5.74) is 0. The van der Waals surface area contributed by atoms with Gasteiger partial charge in [0.2, 0.25) is 0 Å². The molecule has 3 rings (SSSR count). The van der Waals surface area contributed by atoms with E-state index >= 15 is 0 Å². The van der Waals surface area contributed by atoms with Crippen molar-refractivity contribution in [3.8, 4) is 0 Å². The molecule has 0 amide bonds. The van der Waals surface area contributed by atoms with Crippen molar-refractivity contribution in [2.24, 2.45) is 0 Å². The molecule has 0 heterocycles. The van der Waals surface area contributed by atoms with Crippen molar-refractivity contribution < 1.29 is 17.9 Å². The molecule has 29 heavy (non-hydrogen) atoms. The van der Waals surface area contributed by atoms with Crippen LogP contribution >= 0.6 is 14.7 Å². The summed E-state index contributed by atoms with van der Waals surface area (Å²) < 4.78 is 31.6. The molecule has 0 N–H and O–H groups in total. The third-order valence-electron chi connectivity index (χ3n) is 5.01. The Balaban J connectivity index is 2.40. The Morgan fingerprint density at radius 3 is 1.24 bits per heavy atom. The Morgan fingerprint density at radius 2 is 0.966 bits per heavy atom. The monoisotopic (exact) mass is 430 g/mol. The van der Waals surface area contributed by atoms with Crippen LogP contribution in [0, 0.1) is 0 Å².